The summed E-state index contributed by atoms with van der Waals surface area (Å²) in [5, 5.41) is 4.35. The molecule has 0 fully saturated rings. The average Bonchev–Trinajstić information content (AvgIpc) is 2.70. The van der Waals surface area contributed by atoms with Gasteiger partial charge in [-0.2, -0.15) is 0 Å². The molecule has 0 aromatic heterocycles. The van der Waals surface area contributed by atoms with Gasteiger partial charge in [0.1, 0.15) is 6.54 Å². The molecule has 27 heavy (non-hydrogen) atoms. The molecule has 3 aromatic carbocycles. The molecule has 1 atom stereocenters. The summed E-state index contributed by atoms with van der Waals surface area (Å²) in [5.41, 5.74) is 1.86. The van der Waals surface area contributed by atoms with Crippen LogP contribution in [0.2, 0.25) is 0 Å². The van der Waals surface area contributed by atoms with Gasteiger partial charge in [-0.05, 0) is 30.0 Å². The van der Waals surface area contributed by atoms with E-state index in [4.69, 9.17) is 0 Å². The topological polar surface area (TPSA) is 66.5 Å². The van der Waals surface area contributed by atoms with Crippen molar-refractivity contribution in [3.8, 4) is 0 Å². The second-order valence-corrected chi connectivity index (χ2v) is 6.61. The van der Waals surface area contributed by atoms with E-state index in [9.17, 15) is 14.4 Å². The summed E-state index contributed by atoms with van der Waals surface area (Å²) in [6.07, 6.45) is 0. The van der Waals surface area contributed by atoms with E-state index in [1.807, 2.05) is 49.4 Å². The zero-order valence-electron chi connectivity index (χ0n) is 14.8. The highest BCUT2D eigenvalue weighted by Gasteiger charge is 2.33. The zero-order valence-corrected chi connectivity index (χ0v) is 14.8. The fourth-order valence-corrected chi connectivity index (χ4v) is 3.48. The molecule has 0 spiro atoms. The van der Waals surface area contributed by atoms with E-state index in [-0.39, 0.29) is 18.5 Å². The average molecular weight is 358 g/mol. The maximum absolute atomic E-state index is 12.8. The third-order valence-corrected chi connectivity index (χ3v) is 4.83. The Kier molecular flexibility index (Phi) is 4.20. The molecule has 1 aliphatic heterocycles. The number of imide groups is 1. The van der Waals surface area contributed by atoms with Gasteiger partial charge in [0.25, 0.3) is 11.8 Å². The number of hydrogen-bond donors (Lipinski definition) is 1. The standard InChI is InChI=1S/C22H18N2O3/c1-14(15-7-3-2-4-8-15)23-19(25)13-24-21(26)17-11-5-9-16-10-6-12-18(20(16)17)22(24)27/h2-12,14H,13H2,1H3,(H,23,25). The SMILES string of the molecule is CC(NC(=O)CN1C(=O)c2cccc3cccc(c23)C1=O)c1ccccc1. The molecular weight excluding hydrogens is 340 g/mol. The molecule has 134 valence electrons. The molecule has 5 nitrogen and oxygen atoms in total. The highest BCUT2D eigenvalue weighted by Crippen LogP contribution is 2.29. The van der Waals surface area contributed by atoms with Crippen molar-refractivity contribution in [2.45, 2.75) is 13.0 Å². The monoisotopic (exact) mass is 358 g/mol. The molecule has 5 heteroatoms. The summed E-state index contributed by atoms with van der Waals surface area (Å²) in [5.74, 6) is -1.25. The smallest absolute Gasteiger partial charge is 0.261 e. The highest BCUT2D eigenvalue weighted by atomic mass is 16.2. The minimum atomic E-state index is -0.438. The Balaban J connectivity index is 1.57. The van der Waals surface area contributed by atoms with Crippen LogP contribution in [0.5, 0.6) is 0 Å². The predicted molar refractivity (Wildman–Crippen MR) is 102 cm³/mol. The number of amides is 3. The minimum Gasteiger partial charge on any atom is -0.348 e. The Labute approximate surface area is 156 Å². The first kappa shape index (κ1) is 17.0. The van der Waals surface area contributed by atoms with Gasteiger partial charge in [0, 0.05) is 16.5 Å². The molecule has 3 aromatic rings. The number of nitrogens with zero attached hydrogens (tertiary/aromatic N) is 1. The van der Waals surface area contributed by atoms with Gasteiger partial charge in [-0.15, -0.1) is 0 Å². The third-order valence-electron chi connectivity index (χ3n) is 4.83. The molecule has 4 rings (SSSR count). The molecule has 1 unspecified atom stereocenters. The van der Waals surface area contributed by atoms with Gasteiger partial charge in [-0.1, -0.05) is 54.6 Å². The Morgan fingerprint density at radius 1 is 0.889 bits per heavy atom. The molecule has 1 aliphatic rings. The number of rotatable bonds is 4. The maximum atomic E-state index is 12.8. The predicted octanol–water partition coefficient (Wildman–Crippen LogP) is 3.31. The lowest BCUT2D eigenvalue weighted by molar-refractivity contribution is -0.122. The van der Waals surface area contributed by atoms with Crippen LogP contribution in [-0.4, -0.2) is 29.2 Å². The van der Waals surface area contributed by atoms with Gasteiger partial charge in [0.2, 0.25) is 5.91 Å². The van der Waals surface area contributed by atoms with Gasteiger partial charge < -0.3 is 5.32 Å². The normalized spacial score (nSPS) is 14.3. The van der Waals surface area contributed by atoms with Crippen molar-refractivity contribution >= 4 is 28.5 Å². The molecule has 1 heterocycles. The van der Waals surface area contributed by atoms with Crippen molar-refractivity contribution < 1.29 is 14.4 Å². The van der Waals surface area contributed by atoms with Crippen molar-refractivity contribution in [2.75, 3.05) is 6.54 Å². The van der Waals surface area contributed by atoms with Crippen LogP contribution in [0.4, 0.5) is 0 Å². The molecule has 0 bridgehead atoms. The number of carbonyl (C=O) groups is 3. The molecule has 0 saturated heterocycles. The van der Waals surface area contributed by atoms with Crippen LogP contribution in [0.1, 0.15) is 39.2 Å². The quantitative estimate of drug-likeness (QED) is 0.728. The van der Waals surface area contributed by atoms with E-state index in [2.05, 4.69) is 5.32 Å². The maximum Gasteiger partial charge on any atom is 0.261 e. The van der Waals surface area contributed by atoms with Gasteiger partial charge in [0.15, 0.2) is 0 Å². The van der Waals surface area contributed by atoms with E-state index in [1.54, 1.807) is 24.3 Å². The number of carbonyl (C=O) groups excluding carboxylic acids is 3. The van der Waals surface area contributed by atoms with Gasteiger partial charge >= 0.3 is 0 Å². The van der Waals surface area contributed by atoms with Crippen LogP contribution >= 0.6 is 0 Å². The summed E-state index contributed by atoms with van der Waals surface area (Å²) < 4.78 is 0. The van der Waals surface area contributed by atoms with E-state index >= 15 is 0 Å². The molecular formula is C22H18N2O3. The third kappa shape index (κ3) is 2.97. The van der Waals surface area contributed by atoms with Crippen molar-refractivity contribution in [3.05, 3.63) is 83.4 Å². The summed E-state index contributed by atoms with van der Waals surface area (Å²) in [6, 6.07) is 20.0. The van der Waals surface area contributed by atoms with Crippen LogP contribution in [0.3, 0.4) is 0 Å². The minimum absolute atomic E-state index is 0.218. The van der Waals surface area contributed by atoms with Crippen molar-refractivity contribution in [1.29, 1.82) is 0 Å². The highest BCUT2D eigenvalue weighted by molar-refractivity contribution is 6.26. The summed E-state index contributed by atoms with van der Waals surface area (Å²) in [4.78, 5) is 39.2. The summed E-state index contributed by atoms with van der Waals surface area (Å²) in [7, 11) is 0. The number of nitrogens with one attached hydrogen (secondary N) is 1. The van der Waals surface area contributed by atoms with Crippen molar-refractivity contribution in [2.24, 2.45) is 0 Å². The van der Waals surface area contributed by atoms with E-state index in [0.717, 1.165) is 15.8 Å². The Hall–Kier alpha value is -3.47. The molecule has 0 radical (unpaired) electrons. The summed E-state index contributed by atoms with van der Waals surface area (Å²) in [6.45, 7) is 1.56. The van der Waals surface area contributed by atoms with Crippen LogP contribution < -0.4 is 5.32 Å². The van der Waals surface area contributed by atoms with E-state index in [1.165, 1.54) is 0 Å². The van der Waals surface area contributed by atoms with E-state index in [0.29, 0.717) is 16.5 Å². The fourth-order valence-electron chi connectivity index (χ4n) is 3.48. The lowest BCUT2D eigenvalue weighted by Crippen LogP contribution is -2.46. The lowest BCUT2D eigenvalue weighted by atomic mass is 9.94. The second kappa shape index (κ2) is 6.68. The van der Waals surface area contributed by atoms with Gasteiger partial charge in [-0.25, -0.2) is 0 Å². The molecule has 0 saturated carbocycles. The summed E-state index contributed by atoms with van der Waals surface area (Å²) >= 11 is 0. The zero-order chi connectivity index (χ0) is 19.0. The molecule has 3 amide bonds. The van der Waals surface area contributed by atoms with E-state index < -0.39 is 11.8 Å². The van der Waals surface area contributed by atoms with Gasteiger partial charge in [0.05, 0.1) is 6.04 Å². The largest absolute Gasteiger partial charge is 0.348 e. The molecule has 0 aliphatic carbocycles. The Morgan fingerprint density at radius 2 is 1.48 bits per heavy atom. The van der Waals surface area contributed by atoms with Crippen LogP contribution in [0.25, 0.3) is 10.8 Å². The van der Waals surface area contributed by atoms with Crippen molar-refractivity contribution in [3.63, 3.8) is 0 Å². The number of benzene rings is 3. The first-order valence-corrected chi connectivity index (χ1v) is 8.78. The van der Waals surface area contributed by atoms with Gasteiger partial charge in [-0.3, -0.25) is 19.3 Å². The number of hydrogen-bond acceptors (Lipinski definition) is 3. The van der Waals surface area contributed by atoms with Crippen LogP contribution in [-0.2, 0) is 4.79 Å². The van der Waals surface area contributed by atoms with Crippen LogP contribution in [0, 0.1) is 0 Å². The first-order chi connectivity index (χ1) is 13.1. The fraction of sp³-hybridized carbons (Fsp3) is 0.136. The first-order valence-electron chi connectivity index (χ1n) is 8.78. The lowest BCUT2D eigenvalue weighted by Gasteiger charge is -2.27. The van der Waals surface area contributed by atoms with Crippen LogP contribution in [0.15, 0.2) is 66.7 Å². The molecule has 1 N–H and O–H groups in total. The second-order valence-electron chi connectivity index (χ2n) is 6.61. The van der Waals surface area contributed by atoms with Crippen molar-refractivity contribution in [1.82, 2.24) is 10.2 Å². The Morgan fingerprint density at radius 3 is 2.07 bits per heavy atom. The Bertz CT molecular complexity index is 1010.